The highest BCUT2D eigenvalue weighted by molar-refractivity contribution is 9.09. The van der Waals surface area contributed by atoms with Crippen molar-refractivity contribution in [3.8, 4) is 0 Å². The van der Waals surface area contributed by atoms with E-state index in [4.69, 9.17) is 11.6 Å². The molecule has 14 heavy (non-hydrogen) atoms. The summed E-state index contributed by atoms with van der Waals surface area (Å²) in [5, 5.41) is 1.51. The molecule has 1 aromatic carbocycles. The van der Waals surface area contributed by atoms with Crippen molar-refractivity contribution < 1.29 is 0 Å². The molecule has 1 aromatic rings. The topological polar surface area (TPSA) is 12.4 Å². The Morgan fingerprint density at radius 1 is 1.50 bits per heavy atom. The van der Waals surface area contributed by atoms with Crippen LogP contribution in [0, 0.1) is 6.92 Å². The standard InChI is InChI=1S/C11H13BrClN/c1-3-14-11(7-12)9-5-4-8(2)6-10(9)13/h4-6H,3,7H2,1-2H3. The van der Waals surface area contributed by atoms with E-state index in [2.05, 4.69) is 27.0 Å². The van der Waals surface area contributed by atoms with Crippen LogP contribution in [0.3, 0.4) is 0 Å². The molecule has 1 nitrogen and oxygen atoms in total. The molecular formula is C11H13BrClN. The minimum atomic E-state index is 0.740. The van der Waals surface area contributed by atoms with Gasteiger partial charge in [-0.3, -0.25) is 4.99 Å². The maximum Gasteiger partial charge on any atom is 0.0540 e. The van der Waals surface area contributed by atoms with Gasteiger partial charge in [-0.2, -0.15) is 0 Å². The molecule has 0 saturated heterocycles. The average Bonchev–Trinajstić information content (AvgIpc) is 2.15. The lowest BCUT2D eigenvalue weighted by Crippen LogP contribution is -2.04. The second kappa shape index (κ2) is 5.52. The maximum atomic E-state index is 6.14. The molecule has 0 bridgehead atoms. The van der Waals surface area contributed by atoms with Crippen LogP contribution in [0.5, 0.6) is 0 Å². The zero-order valence-corrected chi connectivity index (χ0v) is 10.7. The molecule has 0 heterocycles. The Kier molecular flexibility index (Phi) is 4.63. The first-order valence-corrected chi connectivity index (χ1v) is 6.04. The normalized spacial score (nSPS) is 11.9. The van der Waals surface area contributed by atoms with Crippen molar-refractivity contribution in [3.05, 3.63) is 34.3 Å². The number of hydrogen-bond donors (Lipinski definition) is 0. The molecule has 3 heteroatoms. The van der Waals surface area contributed by atoms with E-state index in [1.54, 1.807) is 0 Å². The summed E-state index contributed by atoms with van der Waals surface area (Å²) in [5.41, 5.74) is 3.21. The van der Waals surface area contributed by atoms with Crippen LogP contribution >= 0.6 is 27.5 Å². The molecule has 0 aliphatic rings. The van der Waals surface area contributed by atoms with Crippen LogP contribution in [-0.2, 0) is 0 Å². The number of rotatable bonds is 3. The summed E-state index contributed by atoms with van der Waals surface area (Å²) in [6, 6.07) is 6.03. The van der Waals surface area contributed by atoms with E-state index in [0.29, 0.717) is 0 Å². The summed E-state index contributed by atoms with van der Waals surface area (Å²) in [5.74, 6) is 0. The monoisotopic (exact) mass is 273 g/mol. The van der Waals surface area contributed by atoms with Gasteiger partial charge >= 0.3 is 0 Å². The lowest BCUT2D eigenvalue weighted by Gasteiger charge is -2.06. The van der Waals surface area contributed by atoms with Gasteiger partial charge in [-0.25, -0.2) is 0 Å². The highest BCUT2D eigenvalue weighted by Crippen LogP contribution is 2.19. The molecular weight excluding hydrogens is 261 g/mol. The molecule has 0 atom stereocenters. The van der Waals surface area contributed by atoms with E-state index in [0.717, 1.165) is 28.2 Å². The number of benzene rings is 1. The van der Waals surface area contributed by atoms with Crippen molar-refractivity contribution in [1.29, 1.82) is 0 Å². The summed E-state index contributed by atoms with van der Waals surface area (Å²) >= 11 is 9.55. The van der Waals surface area contributed by atoms with Gasteiger partial charge in [-0.1, -0.05) is 39.7 Å². The molecule has 0 spiro atoms. The quantitative estimate of drug-likeness (QED) is 0.586. The fourth-order valence-corrected chi connectivity index (χ4v) is 2.07. The van der Waals surface area contributed by atoms with Gasteiger partial charge in [0.2, 0.25) is 0 Å². The van der Waals surface area contributed by atoms with Crippen molar-refractivity contribution in [2.75, 3.05) is 11.9 Å². The molecule has 0 fully saturated rings. The summed E-state index contributed by atoms with van der Waals surface area (Å²) in [4.78, 5) is 4.39. The predicted octanol–water partition coefficient (Wildman–Crippen LogP) is 3.85. The van der Waals surface area contributed by atoms with Crippen LogP contribution in [0.1, 0.15) is 18.1 Å². The highest BCUT2D eigenvalue weighted by atomic mass is 79.9. The smallest absolute Gasteiger partial charge is 0.0540 e. The Balaban J connectivity index is 3.11. The van der Waals surface area contributed by atoms with Crippen molar-refractivity contribution >= 4 is 33.2 Å². The molecule has 0 saturated carbocycles. The lowest BCUT2D eigenvalue weighted by atomic mass is 10.1. The van der Waals surface area contributed by atoms with Crippen molar-refractivity contribution in [3.63, 3.8) is 0 Å². The first kappa shape index (κ1) is 11.7. The van der Waals surface area contributed by atoms with Gasteiger partial charge in [0.15, 0.2) is 0 Å². The third kappa shape index (κ3) is 2.82. The molecule has 0 aromatic heterocycles. The van der Waals surface area contributed by atoms with E-state index in [1.807, 2.05) is 26.0 Å². The number of aryl methyl sites for hydroxylation is 1. The van der Waals surface area contributed by atoms with E-state index < -0.39 is 0 Å². The molecule has 0 unspecified atom stereocenters. The zero-order valence-electron chi connectivity index (χ0n) is 8.35. The Morgan fingerprint density at radius 2 is 2.21 bits per heavy atom. The number of aliphatic imine (C=N–C) groups is 1. The fourth-order valence-electron chi connectivity index (χ4n) is 1.24. The Hall–Kier alpha value is -0.340. The second-order valence-electron chi connectivity index (χ2n) is 3.04. The first-order valence-electron chi connectivity index (χ1n) is 4.54. The molecule has 0 N–H and O–H groups in total. The highest BCUT2D eigenvalue weighted by Gasteiger charge is 2.06. The number of halogens is 2. The Bertz CT molecular complexity index is 347. The van der Waals surface area contributed by atoms with Crippen molar-refractivity contribution in [2.45, 2.75) is 13.8 Å². The molecule has 0 aliphatic carbocycles. The molecule has 0 aliphatic heterocycles. The van der Waals surface area contributed by atoms with E-state index >= 15 is 0 Å². The minimum Gasteiger partial charge on any atom is -0.288 e. The number of hydrogen-bond acceptors (Lipinski definition) is 1. The van der Waals surface area contributed by atoms with Crippen LogP contribution in [0.2, 0.25) is 5.02 Å². The van der Waals surface area contributed by atoms with Crippen LogP contribution in [0.4, 0.5) is 0 Å². The SMILES string of the molecule is CCN=C(CBr)c1ccc(C)cc1Cl. The van der Waals surface area contributed by atoms with Gasteiger partial charge in [-0.05, 0) is 25.5 Å². The van der Waals surface area contributed by atoms with E-state index in [-0.39, 0.29) is 0 Å². The van der Waals surface area contributed by atoms with Crippen LogP contribution in [0.25, 0.3) is 0 Å². The number of alkyl halides is 1. The third-order valence-corrected chi connectivity index (χ3v) is 2.75. The largest absolute Gasteiger partial charge is 0.288 e. The summed E-state index contributed by atoms with van der Waals surface area (Å²) in [6.45, 7) is 4.83. The van der Waals surface area contributed by atoms with E-state index in [1.165, 1.54) is 5.56 Å². The van der Waals surface area contributed by atoms with Crippen molar-refractivity contribution in [2.24, 2.45) is 4.99 Å². The van der Waals surface area contributed by atoms with Gasteiger partial charge in [0.05, 0.1) is 5.71 Å². The summed E-state index contributed by atoms with van der Waals surface area (Å²) in [6.07, 6.45) is 0. The zero-order chi connectivity index (χ0) is 10.6. The minimum absolute atomic E-state index is 0.740. The second-order valence-corrected chi connectivity index (χ2v) is 4.01. The summed E-state index contributed by atoms with van der Waals surface area (Å²) < 4.78 is 0. The van der Waals surface area contributed by atoms with Gasteiger partial charge in [0, 0.05) is 22.5 Å². The Morgan fingerprint density at radius 3 is 2.71 bits per heavy atom. The molecule has 0 radical (unpaired) electrons. The number of nitrogens with zero attached hydrogens (tertiary/aromatic N) is 1. The Labute approximate surface area is 98.3 Å². The predicted molar refractivity (Wildman–Crippen MR) is 67.1 cm³/mol. The third-order valence-electron chi connectivity index (χ3n) is 1.91. The van der Waals surface area contributed by atoms with Gasteiger partial charge in [-0.15, -0.1) is 0 Å². The molecule has 0 amide bonds. The fraction of sp³-hybridized carbons (Fsp3) is 0.364. The van der Waals surface area contributed by atoms with Gasteiger partial charge < -0.3 is 0 Å². The van der Waals surface area contributed by atoms with Gasteiger partial charge in [0.1, 0.15) is 0 Å². The molecule has 1 rings (SSSR count). The first-order chi connectivity index (χ1) is 6.69. The van der Waals surface area contributed by atoms with Crippen LogP contribution in [0.15, 0.2) is 23.2 Å². The van der Waals surface area contributed by atoms with E-state index in [9.17, 15) is 0 Å². The summed E-state index contributed by atoms with van der Waals surface area (Å²) in [7, 11) is 0. The van der Waals surface area contributed by atoms with Crippen LogP contribution in [-0.4, -0.2) is 17.6 Å². The van der Waals surface area contributed by atoms with Crippen LogP contribution < -0.4 is 0 Å². The van der Waals surface area contributed by atoms with Crippen molar-refractivity contribution in [1.82, 2.24) is 0 Å². The van der Waals surface area contributed by atoms with Gasteiger partial charge in [0.25, 0.3) is 0 Å². The maximum absolute atomic E-state index is 6.14. The average molecular weight is 275 g/mol. The molecule has 76 valence electrons. The lowest BCUT2D eigenvalue weighted by molar-refractivity contribution is 1.13.